The van der Waals surface area contributed by atoms with Crippen molar-refractivity contribution in [2.75, 3.05) is 11.9 Å². The number of hydrogen-bond acceptors (Lipinski definition) is 4. The number of carbonyl (C=O) groups is 1. The van der Waals surface area contributed by atoms with Gasteiger partial charge in [0.2, 0.25) is 5.91 Å². The molecular weight excluding hydrogens is 400 g/mol. The number of halogens is 1. The predicted octanol–water partition coefficient (Wildman–Crippen LogP) is 5.05. The Morgan fingerprint density at radius 2 is 2.07 bits per heavy atom. The van der Waals surface area contributed by atoms with Gasteiger partial charge in [0, 0.05) is 42.1 Å². The average Bonchev–Trinajstić information content (AvgIpc) is 3.44. The normalized spacial score (nSPS) is 14.9. The molecule has 0 saturated heterocycles. The quantitative estimate of drug-likeness (QED) is 0.520. The first-order valence-electron chi connectivity index (χ1n) is 11.0. The lowest BCUT2D eigenvalue weighted by Gasteiger charge is -2.18. The predicted molar refractivity (Wildman–Crippen MR) is 120 cm³/mol. The standard InChI is InChI=1S/C23H33ClN4O2/c1-15(2)6-4-9-21-26-27-23(28(21)18-10-11-18)17(12-13-29)14-22(30)25-20-8-5-7-19(24)16(20)3/h5,7-8,15,17-18,29H,4,6,9-14H2,1-3H3,(H,25,30). The number of carbonyl (C=O) groups excluding carboxylic acids is 1. The fourth-order valence-corrected chi connectivity index (χ4v) is 4.01. The molecule has 0 bridgehead atoms. The summed E-state index contributed by atoms with van der Waals surface area (Å²) >= 11 is 6.17. The van der Waals surface area contributed by atoms with E-state index in [0.29, 0.717) is 29.1 Å². The van der Waals surface area contributed by atoms with Gasteiger partial charge in [0.05, 0.1) is 0 Å². The summed E-state index contributed by atoms with van der Waals surface area (Å²) in [6.45, 7) is 6.35. The first-order chi connectivity index (χ1) is 14.4. The van der Waals surface area contributed by atoms with Gasteiger partial charge in [-0.2, -0.15) is 0 Å². The molecule has 1 atom stereocenters. The highest BCUT2D eigenvalue weighted by Gasteiger charge is 2.32. The van der Waals surface area contributed by atoms with E-state index in [1.807, 2.05) is 19.1 Å². The Bertz CT molecular complexity index is 861. The van der Waals surface area contributed by atoms with E-state index in [4.69, 9.17) is 11.6 Å². The van der Waals surface area contributed by atoms with Crippen LogP contribution >= 0.6 is 11.6 Å². The van der Waals surface area contributed by atoms with E-state index >= 15 is 0 Å². The number of aliphatic hydroxyl groups is 1. The van der Waals surface area contributed by atoms with Crippen LogP contribution in [0.2, 0.25) is 5.02 Å². The SMILES string of the molecule is Cc1c(Cl)cccc1NC(=O)CC(CCO)c1nnc(CCCC(C)C)n1C1CC1. The van der Waals surface area contributed by atoms with Crippen LogP contribution in [-0.4, -0.2) is 32.4 Å². The molecule has 30 heavy (non-hydrogen) atoms. The zero-order chi connectivity index (χ0) is 21.7. The second kappa shape index (κ2) is 10.4. The third-order valence-corrected chi connectivity index (χ3v) is 6.11. The van der Waals surface area contributed by atoms with Crippen molar-refractivity contribution in [1.82, 2.24) is 14.8 Å². The second-order valence-corrected chi connectivity index (χ2v) is 9.14. The minimum absolute atomic E-state index is 0.00828. The van der Waals surface area contributed by atoms with Crippen LogP contribution < -0.4 is 5.32 Å². The summed E-state index contributed by atoms with van der Waals surface area (Å²) < 4.78 is 2.25. The Morgan fingerprint density at radius 3 is 2.73 bits per heavy atom. The molecule has 164 valence electrons. The molecule has 6 nitrogen and oxygen atoms in total. The van der Waals surface area contributed by atoms with Crippen molar-refractivity contribution >= 4 is 23.2 Å². The highest BCUT2D eigenvalue weighted by Crippen LogP contribution is 2.39. The molecule has 2 N–H and O–H groups in total. The monoisotopic (exact) mass is 432 g/mol. The molecule has 0 radical (unpaired) electrons. The molecule has 1 aliphatic rings. The van der Waals surface area contributed by atoms with Crippen LogP contribution in [0.25, 0.3) is 0 Å². The van der Waals surface area contributed by atoms with Crippen molar-refractivity contribution in [3.05, 3.63) is 40.4 Å². The van der Waals surface area contributed by atoms with Crippen LogP contribution in [0.3, 0.4) is 0 Å². The van der Waals surface area contributed by atoms with Gasteiger partial charge < -0.3 is 15.0 Å². The van der Waals surface area contributed by atoms with Crippen molar-refractivity contribution in [3.63, 3.8) is 0 Å². The van der Waals surface area contributed by atoms with Crippen LogP contribution in [0.5, 0.6) is 0 Å². The zero-order valence-electron chi connectivity index (χ0n) is 18.2. The Balaban J connectivity index is 1.74. The van der Waals surface area contributed by atoms with Crippen molar-refractivity contribution in [3.8, 4) is 0 Å². The molecule has 1 aromatic heterocycles. The first-order valence-corrected chi connectivity index (χ1v) is 11.4. The van der Waals surface area contributed by atoms with Gasteiger partial charge in [0.15, 0.2) is 0 Å². The summed E-state index contributed by atoms with van der Waals surface area (Å²) in [5, 5.41) is 22.2. The minimum Gasteiger partial charge on any atom is -0.396 e. The lowest BCUT2D eigenvalue weighted by molar-refractivity contribution is -0.116. The lowest BCUT2D eigenvalue weighted by atomic mass is 9.99. The van der Waals surface area contributed by atoms with Gasteiger partial charge in [0.1, 0.15) is 11.6 Å². The van der Waals surface area contributed by atoms with E-state index < -0.39 is 0 Å². The molecule has 1 aliphatic carbocycles. The van der Waals surface area contributed by atoms with E-state index in [1.54, 1.807) is 6.07 Å². The summed E-state index contributed by atoms with van der Waals surface area (Å²) in [5.41, 5.74) is 1.56. The number of amides is 1. The van der Waals surface area contributed by atoms with Gasteiger partial charge in [-0.1, -0.05) is 37.9 Å². The number of aromatic nitrogens is 3. The maximum Gasteiger partial charge on any atom is 0.225 e. The number of aryl methyl sites for hydroxylation is 1. The van der Waals surface area contributed by atoms with Crippen LogP contribution in [-0.2, 0) is 11.2 Å². The highest BCUT2D eigenvalue weighted by atomic mass is 35.5. The first kappa shape index (κ1) is 22.8. The molecule has 1 saturated carbocycles. The fraction of sp³-hybridized carbons (Fsp3) is 0.609. The van der Waals surface area contributed by atoms with Gasteiger partial charge >= 0.3 is 0 Å². The van der Waals surface area contributed by atoms with E-state index in [1.165, 1.54) is 0 Å². The zero-order valence-corrected chi connectivity index (χ0v) is 19.0. The Hall–Kier alpha value is -1.92. The highest BCUT2D eigenvalue weighted by molar-refractivity contribution is 6.31. The van der Waals surface area contributed by atoms with Gasteiger partial charge in [-0.3, -0.25) is 4.79 Å². The van der Waals surface area contributed by atoms with E-state index in [-0.39, 0.29) is 24.9 Å². The molecule has 3 rings (SSSR count). The summed E-state index contributed by atoms with van der Waals surface area (Å²) in [7, 11) is 0. The number of anilines is 1. The summed E-state index contributed by atoms with van der Waals surface area (Å²) in [6.07, 6.45) is 6.14. The fourth-order valence-electron chi connectivity index (χ4n) is 3.83. The maximum atomic E-state index is 12.8. The smallest absolute Gasteiger partial charge is 0.225 e. The van der Waals surface area contributed by atoms with E-state index in [9.17, 15) is 9.90 Å². The summed E-state index contributed by atoms with van der Waals surface area (Å²) in [4.78, 5) is 12.8. The van der Waals surface area contributed by atoms with Gasteiger partial charge in [-0.25, -0.2) is 0 Å². The van der Waals surface area contributed by atoms with E-state index in [0.717, 1.165) is 49.3 Å². The summed E-state index contributed by atoms with van der Waals surface area (Å²) in [6, 6.07) is 5.91. The summed E-state index contributed by atoms with van der Waals surface area (Å²) in [5.74, 6) is 2.25. The molecule has 0 spiro atoms. The van der Waals surface area contributed by atoms with Crippen LogP contribution in [0.4, 0.5) is 5.69 Å². The van der Waals surface area contributed by atoms with Crippen LogP contribution in [0, 0.1) is 12.8 Å². The molecule has 1 heterocycles. The Labute approximate surface area is 184 Å². The molecule has 1 unspecified atom stereocenters. The van der Waals surface area contributed by atoms with Gasteiger partial charge in [-0.15, -0.1) is 10.2 Å². The lowest BCUT2D eigenvalue weighted by Crippen LogP contribution is -2.20. The number of nitrogens with zero attached hydrogens (tertiary/aromatic N) is 3. The molecular formula is C23H33ClN4O2. The van der Waals surface area contributed by atoms with Crippen molar-refractivity contribution in [1.29, 1.82) is 0 Å². The molecule has 0 aliphatic heterocycles. The van der Waals surface area contributed by atoms with Crippen molar-refractivity contribution in [2.45, 2.75) is 77.7 Å². The third kappa shape index (κ3) is 5.82. The number of nitrogens with one attached hydrogen (secondary N) is 1. The van der Waals surface area contributed by atoms with Gasteiger partial charge in [0.25, 0.3) is 0 Å². The largest absolute Gasteiger partial charge is 0.396 e. The topological polar surface area (TPSA) is 80.0 Å². The Kier molecular flexibility index (Phi) is 7.89. The second-order valence-electron chi connectivity index (χ2n) is 8.74. The molecule has 7 heteroatoms. The maximum absolute atomic E-state index is 12.8. The minimum atomic E-state index is -0.165. The number of aliphatic hydroxyl groups excluding tert-OH is 1. The number of rotatable bonds is 11. The van der Waals surface area contributed by atoms with Gasteiger partial charge in [-0.05, 0) is 56.2 Å². The number of hydrogen-bond donors (Lipinski definition) is 2. The molecule has 1 amide bonds. The molecule has 1 fully saturated rings. The van der Waals surface area contributed by atoms with Crippen LogP contribution in [0.1, 0.15) is 81.5 Å². The third-order valence-electron chi connectivity index (χ3n) is 5.70. The van der Waals surface area contributed by atoms with Crippen molar-refractivity contribution < 1.29 is 9.90 Å². The van der Waals surface area contributed by atoms with Crippen molar-refractivity contribution in [2.24, 2.45) is 5.92 Å². The number of benzene rings is 1. The van der Waals surface area contributed by atoms with E-state index in [2.05, 4.69) is 33.9 Å². The Morgan fingerprint density at radius 1 is 1.30 bits per heavy atom. The average molecular weight is 433 g/mol. The molecule has 1 aromatic carbocycles. The van der Waals surface area contributed by atoms with Crippen LogP contribution in [0.15, 0.2) is 18.2 Å². The molecule has 2 aromatic rings.